The van der Waals surface area contributed by atoms with Crippen LogP contribution in [0.3, 0.4) is 0 Å². The first-order chi connectivity index (χ1) is 60.7. The number of carbonyl (C=O) groups excluding carboxylic acids is 15. The second kappa shape index (κ2) is 42.6. The van der Waals surface area contributed by atoms with Gasteiger partial charge in [-0.3, -0.25) is 71.9 Å². The molecule has 0 aromatic rings. The predicted octanol–water partition coefficient (Wildman–Crippen LogP) is 4.50. The molecule has 42 heteroatoms. The smallest absolute Gasteiger partial charge is 0.303 e. The van der Waals surface area contributed by atoms with E-state index in [1.54, 1.807) is 0 Å². The number of rotatable bonds is 29. The maximum absolute atomic E-state index is 14.1. The van der Waals surface area contributed by atoms with Gasteiger partial charge in [-0.05, 0) is 111 Å². The van der Waals surface area contributed by atoms with E-state index in [1.165, 1.54) is 6.92 Å². The molecule has 7 heterocycles. The molecular formula is C87H124O42. The van der Waals surface area contributed by atoms with Crippen molar-refractivity contribution in [1.82, 2.24) is 0 Å². The normalized spacial score (nSPS) is 40.8. The van der Waals surface area contributed by atoms with Gasteiger partial charge in [0.25, 0.3) is 0 Å². The van der Waals surface area contributed by atoms with Crippen molar-refractivity contribution in [2.24, 2.45) is 52.3 Å². The van der Waals surface area contributed by atoms with E-state index >= 15 is 0 Å². The minimum absolute atomic E-state index is 0.0384. The number of hydrogen-bond donors (Lipinski definition) is 0. The van der Waals surface area contributed by atoms with Gasteiger partial charge in [0, 0.05) is 116 Å². The third kappa shape index (κ3) is 23.8. The summed E-state index contributed by atoms with van der Waals surface area (Å²) >= 11 is 0. The van der Waals surface area contributed by atoms with Crippen LogP contribution in [-0.4, -0.2) is 294 Å². The van der Waals surface area contributed by atoms with E-state index in [4.69, 9.17) is 128 Å². The molecule has 11 aliphatic rings. The van der Waals surface area contributed by atoms with Crippen molar-refractivity contribution in [3.63, 3.8) is 0 Å². The van der Waals surface area contributed by atoms with Crippen molar-refractivity contribution < 1.29 is 200 Å². The largest absolute Gasteiger partial charge is 0.463 e. The third-order valence-electron chi connectivity index (χ3n) is 26.6. The van der Waals surface area contributed by atoms with Crippen LogP contribution in [0.4, 0.5) is 0 Å². The summed E-state index contributed by atoms with van der Waals surface area (Å²) in [6.07, 6.45) is -42.9. The van der Waals surface area contributed by atoms with Gasteiger partial charge in [-0.15, -0.1) is 0 Å². The maximum Gasteiger partial charge on any atom is 0.303 e. The van der Waals surface area contributed by atoms with Gasteiger partial charge in [0.2, 0.25) is 0 Å². The van der Waals surface area contributed by atoms with Crippen LogP contribution in [0.1, 0.15) is 203 Å². The first-order valence-corrected chi connectivity index (χ1v) is 44.0. The van der Waals surface area contributed by atoms with E-state index in [1.807, 2.05) is 0 Å². The highest BCUT2D eigenvalue weighted by Gasteiger charge is 2.71. The van der Waals surface area contributed by atoms with Gasteiger partial charge < -0.3 is 128 Å². The topological polar surface area (TPSA) is 505 Å². The van der Waals surface area contributed by atoms with Crippen LogP contribution in [0.15, 0.2) is 0 Å². The lowest BCUT2D eigenvalue weighted by Gasteiger charge is -2.61. The summed E-state index contributed by atoms with van der Waals surface area (Å²) in [5.74, 6) is -14.1. The Labute approximate surface area is 746 Å². The Hall–Kier alpha value is -8.43. The highest BCUT2D eigenvalue weighted by atomic mass is 16.8. The summed E-state index contributed by atoms with van der Waals surface area (Å²) in [6.45, 7) is 22.2. The van der Waals surface area contributed by atoms with Crippen molar-refractivity contribution >= 4 is 89.5 Å². The van der Waals surface area contributed by atoms with Crippen LogP contribution < -0.4 is 0 Å². The first-order valence-electron chi connectivity index (χ1n) is 44.0. The third-order valence-corrected chi connectivity index (χ3v) is 26.6. The fourth-order valence-corrected chi connectivity index (χ4v) is 21.8. The standard InChI is InChI=1S/C87H124O42/c1-36-23-28-87(107-31-36)37(2)64-59(129-87)30-58-56-22-21-54-29-55(24-26-85(54,19)57(56)25-27-86(58,64)20)120-81-76(117-51(16)100)72(114-48(13)97)69(62(121-81)34-105-41(6)90)126-84-79(74(67(111-45(10)94)61(123-84)33-104-40(5)89)127-82-77(118-52(17)101)71(113-47(12)96)66(110-44(9)93)60(122-82)32-103-39(4)88)128-83-78(119-53(18)102)73(115-49(14)98)68(63(124-83)35-106-42(7)91)125-80-75(116-50(15)99)70(112-46(11)95)65(38(3)108-80)109-43(8)92/h36-38,54-84H,21-35H2,1-20H3/t36-,37?,38+,54+,55+,56-,57+,58+,59?,60-,61-,62-,63-,64?,65+,66-,67-,68-,69+,70-,71+,72+,73+,74+,75-,76-,77-,78-,79-,80+,81-,82+,83+,84+,85+,86+,87-/m1/s1. The summed E-state index contributed by atoms with van der Waals surface area (Å²) in [5.41, 5.74) is -0.112. The average molecular weight is 1840 g/mol. The lowest BCUT2D eigenvalue weighted by atomic mass is 9.44. The second-order valence-corrected chi connectivity index (χ2v) is 36.0. The summed E-state index contributed by atoms with van der Waals surface area (Å²) in [5, 5.41) is 0. The number of fused-ring (bicyclic) bond motifs is 7. The van der Waals surface area contributed by atoms with E-state index in [0.29, 0.717) is 55.5 Å². The zero-order chi connectivity index (χ0) is 94.5. The fraction of sp³-hybridized carbons (Fsp3) is 0.828. The Morgan fingerprint density at radius 3 is 1.04 bits per heavy atom. The molecule has 0 amide bonds. The molecular weight excluding hydrogens is 1720 g/mol. The SMILES string of the molecule is CC(=O)OC[C@H]1O[C@@H](O[C@H]2CC[C@@]3(C)[C@@H](CC[C@@H]4[C@@H]3CC[C@]3(C)C5C(C[C@@H]43)O[C@]3(CC[C@@H](C)CO3)C5C)C2)[C@H](OC(C)=O)[C@@H](OC(C)=O)[C@H]1O[C@@H]1O[C@H](COC(C)=O)[C@@H](OC(C)=O)[C@H](O[C@@H]2O[C@H](COC(C)=O)[C@@H](OC(C)=O)[C@H](OC(C)=O)[C@H]2OC(C)=O)[C@H]1O[C@@H]1O[C@H](COC(C)=O)[C@@H](O[C@@H]2O[C@@H](C)[C@H](OC(C)=O)[C@@H](OC(C)=O)[C@H]2OC(C)=O)[C@H](OC(C)=O)[C@H]1OC(C)=O. The van der Waals surface area contributed by atoms with E-state index in [9.17, 15) is 71.9 Å². The molecule has 724 valence electrons. The van der Waals surface area contributed by atoms with E-state index in [-0.39, 0.29) is 28.8 Å². The maximum atomic E-state index is 14.1. The van der Waals surface area contributed by atoms with Crippen molar-refractivity contribution in [2.45, 2.75) is 374 Å². The molecule has 0 aromatic heterocycles. The van der Waals surface area contributed by atoms with Gasteiger partial charge >= 0.3 is 89.5 Å². The van der Waals surface area contributed by atoms with E-state index in [0.717, 1.165) is 149 Å². The van der Waals surface area contributed by atoms with Gasteiger partial charge in [0.05, 0.1) is 24.9 Å². The molecule has 0 radical (unpaired) electrons. The number of hydrogen-bond acceptors (Lipinski definition) is 42. The second-order valence-electron chi connectivity index (χ2n) is 36.0. The molecule has 3 unspecified atom stereocenters. The van der Waals surface area contributed by atoms with E-state index in [2.05, 4.69) is 27.7 Å². The Morgan fingerprint density at radius 2 is 0.636 bits per heavy atom. The molecule has 7 aliphatic heterocycles. The zero-order valence-corrected chi connectivity index (χ0v) is 76.4. The minimum atomic E-state index is -2.48. The summed E-state index contributed by atoms with van der Waals surface area (Å²) in [7, 11) is 0. The minimum Gasteiger partial charge on any atom is -0.463 e. The molecule has 1 spiro atoms. The molecule has 4 saturated carbocycles. The van der Waals surface area contributed by atoms with Crippen molar-refractivity contribution in [3.8, 4) is 0 Å². The van der Waals surface area contributed by atoms with E-state index < -0.39 is 281 Å². The predicted molar refractivity (Wildman–Crippen MR) is 423 cm³/mol. The molecule has 7 saturated heterocycles. The van der Waals surface area contributed by atoms with Crippen molar-refractivity contribution in [1.29, 1.82) is 0 Å². The van der Waals surface area contributed by atoms with Crippen LogP contribution in [0, 0.1) is 52.3 Å². The summed E-state index contributed by atoms with van der Waals surface area (Å²) in [4.78, 5) is 202. The number of carbonyl (C=O) groups is 15. The number of ether oxygens (including phenoxy) is 27. The average Bonchev–Trinajstić information content (AvgIpc) is 1.55. The molecule has 129 heavy (non-hydrogen) atoms. The Kier molecular flexibility index (Phi) is 33.4. The monoisotopic (exact) mass is 1840 g/mol. The quantitative estimate of drug-likeness (QED) is 0.0565. The van der Waals surface area contributed by atoms with Gasteiger partial charge in [-0.1, -0.05) is 27.7 Å². The molecule has 37 atom stereocenters. The first kappa shape index (κ1) is 101. The summed E-state index contributed by atoms with van der Waals surface area (Å²) < 4.78 is 169. The molecule has 4 aliphatic carbocycles. The van der Waals surface area contributed by atoms with Crippen LogP contribution in [-0.2, 0) is 200 Å². The molecule has 0 N–H and O–H groups in total. The highest BCUT2D eigenvalue weighted by Crippen LogP contribution is 2.72. The van der Waals surface area contributed by atoms with Gasteiger partial charge in [0.1, 0.15) is 75.3 Å². The van der Waals surface area contributed by atoms with Crippen LogP contribution in [0.25, 0.3) is 0 Å². The van der Waals surface area contributed by atoms with Gasteiger partial charge in [-0.25, -0.2) is 0 Å². The molecule has 0 bridgehead atoms. The van der Waals surface area contributed by atoms with Crippen LogP contribution in [0.2, 0.25) is 0 Å². The number of esters is 15. The molecule has 11 fully saturated rings. The fourth-order valence-electron chi connectivity index (χ4n) is 21.8. The Balaban J connectivity index is 1.03. The van der Waals surface area contributed by atoms with Crippen molar-refractivity contribution in [3.05, 3.63) is 0 Å². The Bertz CT molecular complexity index is 4070. The molecule has 0 aromatic carbocycles. The van der Waals surface area contributed by atoms with Crippen LogP contribution >= 0.6 is 0 Å². The highest BCUT2D eigenvalue weighted by molar-refractivity contribution is 5.72. The lowest BCUT2D eigenvalue weighted by Crippen LogP contribution is -2.70. The lowest BCUT2D eigenvalue weighted by molar-refractivity contribution is -0.410. The van der Waals surface area contributed by atoms with Gasteiger partial charge in [-0.2, -0.15) is 0 Å². The summed E-state index contributed by atoms with van der Waals surface area (Å²) in [6, 6.07) is 0. The Morgan fingerprint density at radius 1 is 0.302 bits per heavy atom. The molecule has 11 rings (SSSR count). The zero-order valence-electron chi connectivity index (χ0n) is 76.4. The van der Waals surface area contributed by atoms with Gasteiger partial charge in [0.15, 0.2) is 104 Å². The van der Waals surface area contributed by atoms with Crippen molar-refractivity contribution in [2.75, 3.05) is 33.0 Å². The molecule has 42 nitrogen and oxygen atoms in total. The van der Waals surface area contributed by atoms with Crippen LogP contribution in [0.5, 0.6) is 0 Å².